The molecule has 1 aliphatic heterocycles. The van der Waals surface area contributed by atoms with Crippen molar-refractivity contribution in [3.05, 3.63) is 29.8 Å². The molecule has 1 saturated heterocycles. The van der Waals surface area contributed by atoms with Crippen molar-refractivity contribution in [2.24, 2.45) is 11.7 Å². The van der Waals surface area contributed by atoms with E-state index in [1.807, 2.05) is 12.1 Å². The van der Waals surface area contributed by atoms with Gasteiger partial charge in [0.25, 0.3) is 0 Å². The van der Waals surface area contributed by atoms with E-state index in [9.17, 15) is 8.78 Å². The molecule has 1 aromatic carbocycles. The quantitative estimate of drug-likeness (QED) is 0.873. The third-order valence-electron chi connectivity index (χ3n) is 3.73. The lowest BCUT2D eigenvalue weighted by Gasteiger charge is -2.32. The van der Waals surface area contributed by atoms with E-state index in [-0.39, 0.29) is 5.75 Å². The Labute approximate surface area is 118 Å². The van der Waals surface area contributed by atoms with E-state index in [1.54, 1.807) is 12.1 Å². The Bertz CT molecular complexity index is 395. The van der Waals surface area contributed by atoms with Crippen LogP contribution in [0.25, 0.3) is 0 Å². The summed E-state index contributed by atoms with van der Waals surface area (Å²) in [6, 6.07) is 6.90. The van der Waals surface area contributed by atoms with Crippen molar-refractivity contribution in [1.82, 2.24) is 4.90 Å². The molecule has 0 saturated carbocycles. The van der Waals surface area contributed by atoms with Crippen LogP contribution in [0, 0.1) is 5.92 Å². The average molecular weight is 284 g/mol. The molecule has 1 fully saturated rings. The molecular weight excluding hydrogens is 262 g/mol. The smallest absolute Gasteiger partial charge is 0.387 e. The molecule has 20 heavy (non-hydrogen) atoms. The Morgan fingerprint density at radius 3 is 2.70 bits per heavy atom. The van der Waals surface area contributed by atoms with Gasteiger partial charge < -0.3 is 10.5 Å². The third kappa shape index (κ3) is 4.72. The van der Waals surface area contributed by atoms with Crippen molar-refractivity contribution in [1.29, 1.82) is 0 Å². The zero-order valence-corrected chi connectivity index (χ0v) is 11.6. The first-order valence-electron chi connectivity index (χ1n) is 7.13. The van der Waals surface area contributed by atoms with Gasteiger partial charge in [0.2, 0.25) is 0 Å². The first-order chi connectivity index (χ1) is 9.67. The molecule has 2 N–H and O–H groups in total. The fraction of sp³-hybridized carbons (Fsp3) is 0.600. The van der Waals surface area contributed by atoms with Crippen LogP contribution in [-0.2, 0) is 6.54 Å². The second-order valence-corrected chi connectivity index (χ2v) is 5.34. The SMILES string of the molecule is NCCC1CCCN(Cc2ccc(OC(F)F)cc2)C1. The number of halogens is 2. The van der Waals surface area contributed by atoms with Gasteiger partial charge in [0.05, 0.1) is 0 Å². The third-order valence-corrected chi connectivity index (χ3v) is 3.73. The van der Waals surface area contributed by atoms with E-state index < -0.39 is 6.61 Å². The molecule has 1 aromatic rings. The Kier molecular flexibility index (Phi) is 5.73. The number of hydrogen-bond donors (Lipinski definition) is 1. The van der Waals surface area contributed by atoms with E-state index in [0.29, 0.717) is 5.92 Å². The highest BCUT2D eigenvalue weighted by molar-refractivity contribution is 5.27. The number of likely N-dealkylation sites (tertiary alicyclic amines) is 1. The van der Waals surface area contributed by atoms with Crippen LogP contribution in [0.3, 0.4) is 0 Å². The van der Waals surface area contributed by atoms with Crippen LogP contribution in [0.1, 0.15) is 24.8 Å². The van der Waals surface area contributed by atoms with Gasteiger partial charge in [-0.1, -0.05) is 12.1 Å². The van der Waals surface area contributed by atoms with Gasteiger partial charge >= 0.3 is 6.61 Å². The molecular formula is C15H22F2N2O. The van der Waals surface area contributed by atoms with Crippen molar-refractivity contribution in [3.8, 4) is 5.75 Å². The summed E-state index contributed by atoms with van der Waals surface area (Å²) in [6.45, 7) is 1.01. The number of rotatable bonds is 6. The second-order valence-electron chi connectivity index (χ2n) is 5.34. The van der Waals surface area contributed by atoms with Gasteiger partial charge in [-0.2, -0.15) is 8.78 Å². The minimum absolute atomic E-state index is 0.211. The molecule has 5 heteroatoms. The molecule has 0 spiro atoms. The van der Waals surface area contributed by atoms with Crippen LogP contribution in [0.4, 0.5) is 8.78 Å². The lowest BCUT2D eigenvalue weighted by atomic mass is 9.94. The lowest BCUT2D eigenvalue weighted by molar-refractivity contribution is -0.0498. The molecule has 1 aliphatic rings. The Morgan fingerprint density at radius 2 is 2.05 bits per heavy atom. The Morgan fingerprint density at radius 1 is 1.30 bits per heavy atom. The molecule has 0 amide bonds. The summed E-state index contributed by atoms with van der Waals surface area (Å²) in [4.78, 5) is 2.41. The van der Waals surface area contributed by atoms with E-state index in [4.69, 9.17) is 5.73 Å². The predicted octanol–water partition coefficient (Wildman–Crippen LogP) is 2.85. The Balaban J connectivity index is 1.86. The van der Waals surface area contributed by atoms with Gasteiger partial charge in [-0.25, -0.2) is 0 Å². The predicted molar refractivity (Wildman–Crippen MR) is 74.7 cm³/mol. The topological polar surface area (TPSA) is 38.5 Å². The van der Waals surface area contributed by atoms with Gasteiger partial charge in [-0.3, -0.25) is 4.90 Å². The average Bonchev–Trinajstić information content (AvgIpc) is 2.41. The zero-order chi connectivity index (χ0) is 14.4. The standard InChI is InChI=1S/C15H22F2N2O/c16-15(17)20-14-5-3-13(4-6-14)11-19-9-1-2-12(10-19)7-8-18/h3-6,12,15H,1-2,7-11,18H2. The summed E-state index contributed by atoms with van der Waals surface area (Å²) < 4.78 is 28.5. The molecule has 2 rings (SSSR count). The number of nitrogens with two attached hydrogens (primary N) is 1. The highest BCUT2D eigenvalue weighted by atomic mass is 19.3. The molecule has 112 valence electrons. The number of alkyl halides is 2. The molecule has 3 nitrogen and oxygen atoms in total. The molecule has 0 radical (unpaired) electrons. The summed E-state index contributed by atoms with van der Waals surface area (Å²) >= 11 is 0. The van der Waals surface area contributed by atoms with Crippen LogP contribution >= 0.6 is 0 Å². The maximum atomic E-state index is 12.1. The minimum atomic E-state index is -2.76. The van der Waals surface area contributed by atoms with Crippen molar-refractivity contribution >= 4 is 0 Å². The van der Waals surface area contributed by atoms with Crippen LogP contribution in [0.5, 0.6) is 5.75 Å². The van der Waals surface area contributed by atoms with Gasteiger partial charge in [0.1, 0.15) is 5.75 Å². The summed E-state index contributed by atoms with van der Waals surface area (Å²) in [6.07, 6.45) is 3.55. The molecule has 1 atom stereocenters. The summed E-state index contributed by atoms with van der Waals surface area (Å²) in [5, 5.41) is 0. The number of hydrogen-bond acceptors (Lipinski definition) is 3. The summed E-state index contributed by atoms with van der Waals surface area (Å²) in [5.41, 5.74) is 6.75. The zero-order valence-electron chi connectivity index (χ0n) is 11.6. The first kappa shape index (κ1) is 15.2. The summed E-state index contributed by atoms with van der Waals surface area (Å²) in [7, 11) is 0. The molecule has 0 aromatic heterocycles. The fourth-order valence-electron chi connectivity index (χ4n) is 2.80. The maximum absolute atomic E-state index is 12.1. The molecule has 0 aliphatic carbocycles. The van der Waals surface area contributed by atoms with E-state index >= 15 is 0 Å². The van der Waals surface area contributed by atoms with Crippen molar-refractivity contribution in [2.75, 3.05) is 19.6 Å². The molecule has 1 heterocycles. The number of ether oxygens (including phenoxy) is 1. The number of nitrogens with zero attached hydrogens (tertiary/aromatic N) is 1. The van der Waals surface area contributed by atoms with E-state index in [2.05, 4.69) is 9.64 Å². The van der Waals surface area contributed by atoms with Gasteiger partial charge in [-0.05, 0) is 56.0 Å². The van der Waals surface area contributed by atoms with Crippen LogP contribution in [-0.4, -0.2) is 31.1 Å². The van der Waals surface area contributed by atoms with E-state index in [0.717, 1.165) is 38.2 Å². The fourth-order valence-corrected chi connectivity index (χ4v) is 2.80. The number of benzene rings is 1. The Hall–Kier alpha value is -1.20. The first-order valence-corrected chi connectivity index (χ1v) is 7.13. The van der Waals surface area contributed by atoms with Gasteiger partial charge in [0, 0.05) is 13.1 Å². The van der Waals surface area contributed by atoms with E-state index in [1.165, 1.54) is 12.8 Å². The van der Waals surface area contributed by atoms with Gasteiger partial charge in [-0.15, -0.1) is 0 Å². The summed E-state index contributed by atoms with van der Waals surface area (Å²) in [5.74, 6) is 0.901. The molecule has 0 bridgehead atoms. The monoisotopic (exact) mass is 284 g/mol. The highest BCUT2D eigenvalue weighted by Crippen LogP contribution is 2.22. The maximum Gasteiger partial charge on any atom is 0.387 e. The van der Waals surface area contributed by atoms with Crippen LogP contribution in [0.2, 0.25) is 0 Å². The number of piperidine rings is 1. The van der Waals surface area contributed by atoms with Crippen LogP contribution < -0.4 is 10.5 Å². The normalized spacial score (nSPS) is 20.3. The minimum Gasteiger partial charge on any atom is -0.435 e. The highest BCUT2D eigenvalue weighted by Gasteiger charge is 2.19. The van der Waals surface area contributed by atoms with Crippen molar-refractivity contribution in [3.63, 3.8) is 0 Å². The van der Waals surface area contributed by atoms with Gasteiger partial charge in [0.15, 0.2) is 0 Å². The second kappa shape index (κ2) is 7.55. The lowest BCUT2D eigenvalue weighted by Crippen LogP contribution is -2.35. The van der Waals surface area contributed by atoms with Crippen molar-refractivity contribution < 1.29 is 13.5 Å². The molecule has 1 unspecified atom stereocenters. The van der Waals surface area contributed by atoms with Crippen LogP contribution in [0.15, 0.2) is 24.3 Å². The largest absolute Gasteiger partial charge is 0.435 e. The van der Waals surface area contributed by atoms with Crippen molar-refractivity contribution in [2.45, 2.75) is 32.4 Å².